The average molecular weight is 445 g/mol. The second-order valence-corrected chi connectivity index (χ2v) is 5.26. The van der Waals surface area contributed by atoms with Crippen LogP contribution in [-0.4, -0.2) is 24.1 Å². The van der Waals surface area contributed by atoms with Crippen molar-refractivity contribution < 1.29 is 40.3 Å². The number of carbonyl (C=O) groups is 1. The van der Waals surface area contributed by atoms with E-state index in [4.69, 9.17) is 0 Å². The van der Waals surface area contributed by atoms with Crippen LogP contribution >= 0.6 is 22.6 Å². The highest BCUT2D eigenvalue weighted by molar-refractivity contribution is 14.1. The normalized spacial score (nSPS) is 13.0. The molecule has 11 heteroatoms. The van der Waals surface area contributed by atoms with Crippen LogP contribution in [0.5, 0.6) is 5.75 Å². The van der Waals surface area contributed by atoms with Crippen molar-refractivity contribution in [3.05, 3.63) is 21.8 Å². The first kappa shape index (κ1) is 18.8. The molecule has 0 atom stereocenters. The molecule has 0 saturated carbocycles. The number of ether oxygens (including phenoxy) is 1. The first-order valence-electron chi connectivity index (χ1n) is 5.36. The summed E-state index contributed by atoms with van der Waals surface area (Å²) in [5.74, 6) is -7.79. The zero-order chi connectivity index (χ0) is 17.3. The first-order valence-corrected chi connectivity index (χ1v) is 6.44. The Morgan fingerprint density at radius 2 is 1.59 bits per heavy atom. The Morgan fingerprint density at radius 1 is 1.09 bits per heavy atom. The first-order chi connectivity index (χ1) is 9.78. The number of alkyl halides is 7. The van der Waals surface area contributed by atoms with Gasteiger partial charge in [0.1, 0.15) is 5.75 Å². The summed E-state index contributed by atoms with van der Waals surface area (Å²) in [6.45, 7) is 0.970. The van der Waals surface area contributed by atoms with E-state index in [2.05, 4.69) is 4.74 Å². The van der Waals surface area contributed by atoms with Gasteiger partial charge in [0.15, 0.2) is 0 Å². The molecule has 0 bridgehead atoms. The number of rotatable bonds is 3. The molecule has 0 aliphatic carbocycles. The maximum absolute atomic E-state index is 13.6. The standard InChI is InChI=1S/C11H7F7INO2/c1-5(21)20-7-3-2-6(19)4-8(7)22-9(12,10(13,14)15)11(16,17)18/h2-4H,1H3,(H,20,21). The highest BCUT2D eigenvalue weighted by Crippen LogP contribution is 2.48. The Kier molecular flexibility index (Phi) is 5.19. The minimum absolute atomic E-state index is 0.174. The molecule has 0 spiro atoms. The third-order valence-corrected chi connectivity index (χ3v) is 2.91. The van der Waals surface area contributed by atoms with Crippen LogP contribution < -0.4 is 10.1 Å². The van der Waals surface area contributed by atoms with Crippen LogP contribution in [0.1, 0.15) is 6.92 Å². The smallest absolute Gasteiger partial charge is 0.441 e. The Bertz CT molecular complexity index is 557. The lowest BCUT2D eigenvalue weighted by molar-refractivity contribution is -0.405. The van der Waals surface area contributed by atoms with Crippen LogP contribution in [0.15, 0.2) is 18.2 Å². The topological polar surface area (TPSA) is 38.3 Å². The molecule has 1 N–H and O–H groups in total. The van der Waals surface area contributed by atoms with E-state index in [0.717, 1.165) is 19.1 Å². The molecule has 1 rings (SSSR count). The summed E-state index contributed by atoms with van der Waals surface area (Å²) in [6.07, 6.45) is -12.7. The zero-order valence-electron chi connectivity index (χ0n) is 10.6. The molecule has 1 aromatic rings. The molecule has 1 amide bonds. The van der Waals surface area contributed by atoms with Crippen LogP contribution in [0, 0.1) is 3.57 Å². The highest BCUT2D eigenvalue weighted by atomic mass is 127. The lowest BCUT2D eigenvalue weighted by atomic mass is 10.2. The van der Waals surface area contributed by atoms with Crippen molar-refractivity contribution >= 4 is 34.2 Å². The summed E-state index contributed by atoms with van der Waals surface area (Å²) in [5, 5.41) is 1.96. The fourth-order valence-electron chi connectivity index (χ4n) is 1.30. The molecule has 1 aromatic carbocycles. The highest BCUT2D eigenvalue weighted by Gasteiger charge is 2.76. The van der Waals surface area contributed by atoms with Gasteiger partial charge in [0.05, 0.1) is 5.69 Å². The zero-order valence-corrected chi connectivity index (χ0v) is 12.7. The van der Waals surface area contributed by atoms with E-state index in [-0.39, 0.29) is 3.57 Å². The SMILES string of the molecule is CC(=O)Nc1ccc(I)cc1OC(F)(C(F)(F)F)C(F)(F)F. The quantitative estimate of drug-likeness (QED) is 0.553. The monoisotopic (exact) mass is 445 g/mol. The Morgan fingerprint density at radius 3 is 2.00 bits per heavy atom. The molecule has 0 heterocycles. The third-order valence-electron chi connectivity index (χ3n) is 2.23. The summed E-state index contributed by atoms with van der Waals surface area (Å²) >= 11 is 1.57. The van der Waals surface area contributed by atoms with Gasteiger partial charge in [0.2, 0.25) is 5.91 Å². The van der Waals surface area contributed by atoms with Gasteiger partial charge in [-0.15, -0.1) is 0 Å². The van der Waals surface area contributed by atoms with E-state index >= 15 is 0 Å². The van der Waals surface area contributed by atoms with Crippen LogP contribution in [0.25, 0.3) is 0 Å². The number of anilines is 1. The molecular weight excluding hydrogens is 438 g/mol. The average Bonchev–Trinajstić information content (AvgIpc) is 2.29. The van der Waals surface area contributed by atoms with E-state index in [1.807, 2.05) is 5.32 Å². The van der Waals surface area contributed by atoms with Crippen LogP contribution in [0.4, 0.5) is 36.4 Å². The fourth-order valence-corrected chi connectivity index (χ4v) is 1.76. The molecule has 0 fully saturated rings. The van der Waals surface area contributed by atoms with Gasteiger partial charge < -0.3 is 10.1 Å². The Balaban J connectivity index is 3.36. The predicted molar refractivity (Wildman–Crippen MR) is 70.0 cm³/mol. The number of nitrogens with one attached hydrogen (secondary N) is 1. The predicted octanol–water partition coefficient (Wildman–Crippen LogP) is 4.42. The lowest BCUT2D eigenvalue weighted by Gasteiger charge is -2.30. The van der Waals surface area contributed by atoms with E-state index in [0.29, 0.717) is 0 Å². The van der Waals surface area contributed by atoms with Crippen molar-refractivity contribution in [3.63, 3.8) is 0 Å². The van der Waals surface area contributed by atoms with E-state index in [1.165, 1.54) is 6.07 Å². The minimum atomic E-state index is -6.36. The van der Waals surface area contributed by atoms with Crippen LogP contribution in [-0.2, 0) is 4.79 Å². The molecule has 0 saturated heterocycles. The van der Waals surface area contributed by atoms with Crippen molar-refractivity contribution in [3.8, 4) is 5.75 Å². The molecule has 0 aliphatic heterocycles. The number of halogens is 8. The van der Waals surface area contributed by atoms with Gasteiger partial charge in [-0.3, -0.25) is 4.79 Å². The number of hydrogen-bond acceptors (Lipinski definition) is 2. The summed E-state index contributed by atoms with van der Waals surface area (Å²) in [5.41, 5.74) is -0.525. The number of hydrogen-bond donors (Lipinski definition) is 1. The van der Waals surface area contributed by atoms with E-state index < -0.39 is 35.6 Å². The molecule has 22 heavy (non-hydrogen) atoms. The van der Waals surface area contributed by atoms with Gasteiger partial charge in [-0.25, -0.2) is 0 Å². The molecule has 0 radical (unpaired) electrons. The van der Waals surface area contributed by atoms with E-state index in [9.17, 15) is 35.5 Å². The second kappa shape index (κ2) is 6.08. The second-order valence-electron chi connectivity index (χ2n) is 4.01. The van der Waals surface area contributed by atoms with Crippen molar-refractivity contribution in [2.45, 2.75) is 25.1 Å². The van der Waals surface area contributed by atoms with Gasteiger partial charge >= 0.3 is 18.2 Å². The van der Waals surface area contributed by atoms with Gasteiger partial charge in [-0.2, -0.15) is 30.7 Å². The molecule has 0 aromatic heterocycles. The fraction of sp³-hybridized carbons (Fsp3) is 0.364. The van der Waals surface area contributed by atoms with Crippen molar-refractivity contribution in [2.75, 3.05) is 5.32 Å². The molecule has 3 nitrogen and oxygen atoms in total. The van der Waals surface area contributed by atoms with Gasteiger partial charge in [-0.1, -0.05) is 0 Å². The molecule has 124 valence electrons. The largest absolute Gasteiger partial charge is 0.470 e. The Labute approximate surface area is 133 Å². The van der Waals surface area contributed by atoms with Crippen LogP contribution in [0.3, 0.4) is 0 Å². The summed E-state index contributed by atoms with van der Waals surface area (Å²) < 4.78 is 92.2. The summed E-state index contributed by atoms with van der Waals surface area (Å²) in [7, 11) is 0. The Hall–Kier alpha value is -1.27. The number of carbonyl (C=O) groups excluding carboxylic acids is 1. The van der Waals surface area contributed by atoms with E-state index in [1.54, 1.807) is 22.6 Å². The lowest BCUT2D eigenvalue weighted by Crippen LogP contribution is -2.57. The number of benzene rings is 1. The third kappa shape index (κ3) is 3.93. The minimum Gasteiger partial charge on any atom is -0.441 e. The summed E-state index contributed by atoms with van der Waals surface area (Å²) in [4.78, 5) is 10.9. The van der Waals surface area contributed by atoms with Crippen molar-refractivity contribution in [2.24, 2.45) is 0 Å². The molecule has 0 unspecified atom stereocenters. The molecular formula is C11H7F7INO2. The maximum Gasteiger partial charge on any atom is 0.470 e. The molecule has 0 aliphatic rings. The van der Waals surface area contributed by atoms with Crippen molar-refractivity contribution in [1.82, 2.24) is 0 Å². The van der Waals surface area contributed by atoms with Gasteiger partial charge in [0, 0.05) is 10.5 Å². The van der Waals surface area contributed by atoms with Gasteiger partial charge in [0.25, 0.3) is 0 Å². The van der Waals surface area contributed by atoms with Crippen molar-refractivity contribution in [1.29, 1.82) is 0 Å². The van der Waals surface area contributed by atoms with Crippen LogP contribution in [0.2, 0.25) is 0 Å². The summed E-state index contributed by atoms with van der Waals surface area (Å²) in [6, 6.07) is 3.00. The number of amides is 1. The maximum atomic E-state index is 13.6. The van der Waals surface area contributed by atoms with Gasteiger partial charge in [-0.05, 0) is 40.8 Å².